The van der Waals surface area contributed by atoms with Crippen LogP contribution in [0.4, 0.5) is 11.8 Å². The van der Waals surface area contributed by atoms with Gasteiger partial charge >= 0.3 is 0 Å². The Bertz CT molecular complexity index is 630. The van der Waals surface area contributed by atoms with Crippen molar-refractivity contribution in [2.45, 2.75) is 6.92 Å². The Morgan fingerprint density at radius 2 is 2.00 bits per heavy atom. The minimum absolute atomic E-state index is 0.620. The summed E-state index contributed by atoms with van der Waals surface area (Å²) >= 11 is 0. The molecular weight excluding hydrogens is 304 g/mol. The van der Waals surface area contributed by atoms with Gasteiger partial charge in [0.25, 0.3) is 0 Å². The Morgan fingerprint density at radius 1 is 1.12 bits per heavy atom. The quantitative estimate of drug-likeness (QED) is 0.801. The van der Waals surface area contributed by atoms with Crippen LogP contribution in [0.15, 0.2) is 30.5 Å². The summed E-state index contributed by atoms with van der Waals surface area (Å²) in [5.41, 5.74) is 1.66. The van der Waals surface area contributed by atoms with E-state index in [2.05, 4.69) is 30.5 Å². The predicted octanol–water partition coefficient (Wildman–Crippen LogP) is 1.71. The van der Waals surface area contributed by atoms with E-state index >= 15 is 0 Å². The van der Waals surface area contributed by atoms with Crippen molar-refractivity contribution in [1.29, 1.82) is 0 Å². The number of ether oxygens (including phenoxy) is 1. The van der Waals surface area contributed by atoms with E-state index in [9.17, 15) is 0 Å². The highest BCUT2D eigenvalue weighted by Gasteiger charge is 2.10. The smallest absolute Gasteiger partial charge is 0.225 e. The molecule has 7 heteroatoms. The van der Waals surface area contributed by atoms with Crippen molar-refractivity contribution >= 4 is 11.8 Å². The fourth-order valence-corrected chi connectivity index (χ4v) is 2.59. The molecule has 3 heterocycles. The van der Waals surface area contributed by atoms with E-state index in [-0.39, 0.29) is 0 Å². The van der Waals surface area contributed by atoms with Crippen molar-refractivity contribution in [1.82, 2.24) is 19.9 Å². The lowest BCUT2D eigenvalue weighted by molar-refractivity contribution is 0.0398. The van der Waals surface area contributed by atoms with E-state index < -0.39 is 0 Å². The molecule has 7 nitrogen and oxygen atoms in total. The lowest BCUT2D eigenvalue weighted by atomic mass is 10.2. The van der Waals surface area contributed by atoms with Crippen LogP contribution in [-0.2, 0) is 4.74 Å². The van der Waals surface area contributed by atoms with Crippen molar-refractivity contribution in [3.8, 4) is 11.4 Å². The fourth-order valence-electron chi connectivity index (χ4n) is 2.59. The number of rotatable bonds is 7. The maximum Gasteiger partial charge on any atom is 0.225 e. The lowest BCUT2D eigenvalue weighted by Crippen LogP contribution is -2.39. The van der Waals surface area contributed by atoms with Crippen LogP contribution in [0.5, 0.6) is 0 Å². The Balaban J connectivity index is 1.68. The highest BCUT2D eigenvalue weighted by Crippen LogP contribution is 2.19. The molecule has 0 spiro atoms. The zero-order valence-electron chi connectivity index (χ0n) is 14.0. The molecule has 1 aliphatic heterocycles. The third-order valence-electron chi connectivity index (χ3n) is 3.83. The van der Waals surface area contributed by atoms with Gasteiger partial charge in [-0.2, -0.15) is 4.98 Å². The van der Waals surface area contributed by atoms with Crippen molar-refractivity contribution in [3.05, 3.63) is 30.5 Å². The summed E-state index contributed by atoms with van der Waals surface area (Å²) in [7, 11) is 0. The first-order valence-corrected chi connectivity index (χ1v) is 8.43. The van der Waals surface area contributed by atoms with E-state index in [1.807, 2.05) is 31.2 Å². The molecule has 0 atom stereocenters. The zero-order valence-corrected chi connectivity index (χ0v) is 14.0. The molecule has 2 N–H and O–H groups in total. The van der Waals surface area contributed by atoms with Gasteiger partial charge in [-0.25, -0.2) is 4.98 Å². The van der Waals surface area contributed by atoms with Crippen LogP contribution in [0, 0.1) is 0 Å². The van der Waals surface area contributed by atoms with E-state index in [1.54, 1.807) is 6.20 Å². The lowest BCUT2D eigenvalue weighted by Gasteiger charge is -2.26. The van der Waals surface area contributed by atoms with Crippen LogP contribution < -0.4 is 10.6 Å². The number of hydrogen-bond acceptors (Lipinski definition) is 7. The van der Waals surface area contributed by atoms with Crippen molar-refractivity contribution in [3.63, 3.8) is 0 Å². The Hall–Kier alpha value is -2.25. The normalized spacial score (nSPS) is 15.2. The number of hydrogen-bond donors (Lipinski definition) is 2. The molecule has 2 aromatic rings. The summed E-state index contributed by atoms with van der Waals surface area (Å²) in [6.45, 7) is 8.25. The van der Waals surface area contributed by atoms with Crippen LogP contribution in [0.2, 0.25) is 0 Å². The number of aromatic nitrogens is 3. The van der Waals surface area contributed by atoms with Gasteiger partial charge in [0.1, 0.15) is 5.82 Å². The zero-order chi connectivity index (χ0) is 16.6. The van der Waals surface area contributed by atoms with E-state index in [0.29, 0.717) is 5.95 Å². The monoisotopic (exact) mass is 328 g/mol. The largest absolute Gasteiger partial charge is 0.379 e. The molecular formula is C17H24N6O. The van der Waals surface area contributed by atoms with Gasteiger partial charge in [-0.15, -0.1) is 0 Å². The van der Waals surface area contributed by atoms with Crippen LogP contribution >= 0.6 is 0 Å². The average Bonchev–Trinajstić information content (AvgIpc) is 2.63. The van der Waals surface area contributed by atoms with Gasteiger partial charge in [0.2, 0.25) is 5.95 Å². The molecule has 1 aliphatic rings. The average molecular weight is 328 g/mol. The minimum Gasteiger partial charge on any atom is -0.379 e. The standard InChI is InChI=1S/C17H24N6O/c1-2-18-17-21-15(14-5-3-4-6-19-14)13-16(22-17)20-7-8-23-9-11-24-12-10-23/h3-6,13H,2,7-12H2,1H3,(H2,18,20,21,22). The third-order valence-corrected chi connectivity index (χ3v) is 3.83. The summed E-state index contributed by atoms with van der Waals surface area (Å²) in [4.78, 5) is 15.8. The molecule has 3 rings (SSSR count). The van der Waals surface area contributed by atoms with Gasteiger partial charge < -0.3 is 15.4 Å². The molecule has 0 unspecified atom stereocenters. The van der Waals surface area contributed by atoms with Gasteiger partial charge in [0, 0.05) is 45.0 Å². The molecule has 0 radical (unpaired) electrons. The van der Waals surface area contributed by atoms with Crippen molar-refractivity contribution in [2.75, 3.05) is 56.6 Å². The first-order chi connectivity index (χ1) is 11.8. The van der Waals surface area contributed by atoms with Crippen molar-refractivity contribution < 1.29 is 4.74 Å². The predicted molar refractivity (Wildman–Crippen MR) is 95.2 cm³/mol. The highest BCUT2D eigenvalue weighted by molar-refractivity contribution is 5.60. The molecule has 128 valence electrons. The van der Waals surface area contributed by atoms with E-state index in [1.165, 1.54) is 0 Å². The molecule has 24 heavy (non-hydrogen) atoms. The maximum atomic E-state index is 5.37. The molecule has 0 amide bonds. The first-order valence-electron chi connectivity index (χ1n) is 8.43. The summed E-state index contributed by atoms with van der Waals surface area (Å²) in [6.07, 6.45) is 1.77. The minimum atomic E-state index is 0.620. The molecule has 1 saturated heterocycles. The second-order valence-corrected chi connectivity index (χ2v) is 5.59. The van der Waals surface area contributed by atoms with Gasteiger partial charge in [0.05, 0.1) is 24.6 Å². The second kappa shape index (κ2) is 8.56. The summed E-state index contributed by atoms with van der Waals surface area (Å²) in [5, 5.41) is 6.58. The molecule has 0 aromatic carbocycles. The maximum absolute atomic E-state index is 5.37. The van der Waals surface area contributed by atoms with Crippen molar-refractivity contribution in [2.24, 2.45) is 0 Å². The summed E-state index contributed by atoms with van der Waals surface area (Å²) in [5.74, 6) is 1.43. The number of morpholine rings is 1. The van der Waals surface area contributed by atoms with Crippen LogP contribution in [0.3, 0.4) is 0 Å². The molecule has 2 aromatic heterocycles. The SMILES string of the molecule is CCNc1nc(NCCN2CCOCC2)cc(-c2ccccn2)n1. The highest BCUT2D eigenvalue weighted by atomic mass is 16.5. The Morgan fingerprint density at radius 3 is 2.75 bits per heavy atom. The Kier molecular flexibility index (Phi) is 5.92. The Labute approximate surface area is 142 Å². The number of nitrogens with zero attached hydrogens (tertiary/aromatic N) is 4. The molecule has 0 saturated carbocycles. The number of pyridine rings is 1. The molecule has 0 bridgehead atoms. The van der Waals surface area contributed by atoms with Gasteiger partial charge in [-0.1, -0.05) is 6.07 Å². The van der Waals surface area contributed by atoms with Crippen LogP contribution in [-0.4, -0.2) is 65.8 Å². The van der Waals surface area contributed by atoms with Gasteiger partial charge in [0.15, 0.2) is 0 Å². The molecule has 1 fully saturated rings. The topological polar surface area (TPSA) is 75.2 Å². The van der Waals surface area contributed by atoms with E-state index in [4.69, 9.17) is 4.74 Å². The van der Waals surface area contributed by atoms with Crippen LogP contribution in [0.25, 0.3) is 11.4 Å². The summed E-state index contributed by atoms with van der Waals surface area (Å²) < 4.78 is 5.37. The fraction of sp³-hybridized carbons (Fsp3) is 0.471. The van der Waals surface area contributed by atoms with Gasteiger partial charge in [-0.3, -0.25) is 9.88 Å². The third kappa shape index (κ3) is 4.62. The number of anilines is 2. The second-order valence-electron chi connectivity index (χ2n) is 5.59. The molecule has 0 aliphatic carbocycles. The van der Waals surface area contributed by atoms with E-state index in [0.717, 1.165) is 63.1 Å². The first kappa shape index (κ1) is 16.6. The number of nitrogens with one attached hydrogen (secondary N) is 2. The summed E-state index contributed by atoms with van der Waals surface area (Å²) in [6, 6.07) is 7.76. The van der Waals surface area contributed by atoms with Gasteiger partial charge in [-0.05, 0) is 19.1 Å². The van der Waals surface area contributed by atoms with Crippen LogP contribution in [0.1, 0.15) is 6.92 Å².